The minimum Gasteiger partial charge on any atom is -0.341 e. The fraction of sp³-hybridized carbons (Fsp3) is 0.323. The van der Waals surface area contributed by atoms with Gasteiger partial charge in [0.1, 0.15) is 0 Å². The third-order valence-electron chi connectivity index (χ3n) is 6.61. The standard InChI is InChI=1S/C31H34N2O3/c1-4-6-7-8-12-15-28(32-36-22(3)34)24-16-18-29-26(20-24)27-21-25(17-19-30(27)33(29)5-2)31(35)23-13-10-9-11-14-23/h9-11,13-14,16-21H,4-8,12,15H2,1-3H3. The highest BCUT2D eigenvalue weighted by Gasteiger charge is 2.16. The SMILES string of the molecule is CCCCCCCC(=NOC(C)=O)c1ccc2c(c1)c1cc(C(=O)c3ccccc3)ccc1n2CC. The number of nitrogens with zero attached hydrogens (tertiary/aromatic N) is 2. The largest absolute Gasteiger partial charge is 0.341 e. The van der Waals surface area contributed by atoms with Gasteiger partial charge in [0.2, 0.25) is 0 Å². The van der Waals surface area contributed by atoms with E-state index in [0.717, 1.165) is 58.9 Å². The van der Waals surface area contributed by atoms with Gasteiger partial charge in [0.15, 0.2) is 5.78 Å². The first-order valence-corrected chi connectivity index (χ1v) is 12.9. The first kappa shape index (κ1) is 25.4. The molecule has 4 rings (SSSR count). The number of aryl methyl sites for hydroxylation is 1. The van der Waals surface area contributed by atoms with Crippen LogP contribution in [0, 0.1) is 0 Å². The number of hydrogen-bond acceptors (Lipinski definition) is 4. The van der Waals surface area contributed by atoms with Crippen LogP contribution in [0.4, 0.5) is 0 Å². The Morgan fingerprint density at radius 1 is 0.778 bits per heavy atom. The Hall–Kier alpha value is -3.73. The molecule has 5 heteroatoms. The minimum absolute atomic E-state index is 0.00948. The van der Waals surface area contributed by atoms with Gasteiger partial charge in [0.25, 0.3) is 0 Å². The van der Waals surface area contributed by atoms with Crippen LogP contribution in [0.1, 0.15) is 80.8 Å². The molecule has 0 aliphatic carbocycles. The first-order valence-electron chi connectivity index (χ1n) is 12.9. The maximum atomic E-state index is 13.1. The van der Waals surface area contributed by atoms with Crippen LogP contribution in [0.2, 0.25) is 0 Å². The van der Waals surface area contributed by atoms with Crippen molar-refractivity contribution in [3.63, 3.8) is 0 Å². The number of rotatable bonds is 11. The summed E-state index contributed by atoms with van der Waals surface area (Å²) in [6.45, 7) is 6.51. The van der Waals surface area contributed by atoms with E-state index in [1.54, 1.807) is 0 Å². The molecule has 3 aromatic carbocycles. The van der Waals surface area contributed by atoms with Crippen LogP contribution in [0.5, 0.6) is 0 Å². The molecule has 4 aromatic rings. The van der Waals surface area contributed by atoms with E-state index in [2.05, 4.69) is 41.8 Å². The number of hydrogen-bond donors (Lipinski definition) is 0. The smallest absolute Gasteiger partial charge is 0.331 e. The molecule has 0 aliphatic heterocycles. The second kappa shape index (κ2) is 11.8. The summed E-state index contributed by atoms with van der Waals surface area (Å²) in [5.41, 5.74) is 5.25. The van der Waals surface area contributed by atoms with Gasteiger partial charge >= 0.3 is 5.97 Å². The fourth-order valence-electron chi connectivity index (χ4n) is 4.78. The van der Waals surface area contributed by atoms with Crippen molar-refractivity contribution in [3.05, 3.63) is 83.4 Å². The monoisotopic (exact) mass is 482 g/mol. The number of fused-ring (bicyclic) bond motifs is 3. The summed E-state index contributed by atoms with van der Waals surface area (Å²) >= 11 is 0. The van der Waals surface area contributed by atoms with Gasteiger partial charge < -0.3 is 9.40 Å². The van der Waals surface area contributed by atoms with Gasteiger partial charge in [-0.3, -0.25) is 4.79 Å². The molecule has 1 aromatic heterocycles. The summed E-state index contributed by atoms with van der Waals surface area (Å²) in [5, 5.41) is 6.31. The molecule has 0 radical (unpaired) electrons. The highest BCUT2D eigenvalue weighted by atomic mass is 16.7. The highest BCUT2D eigenvalue weighted by Crippen LogP contribution is 2.32. The Morgan fingerprint density at radius 2 is 1.42 bits per heavy atom. The van der Waals surface area contributed by atoms with E-state index in [-0.39, 0.29) is 5.78 Å². The highest BCUT2D eigenvalue weighted by molar-refractivity contribution is 6.16. The first-order chi connectivity index (χ1) is 17.5. The van der Waals surface area contributed by atoms with E-state index in [9.17, 15) is 9.59 Å². The molecule has 0 bridgehead atoms. The molecule has 1 heterocycles. The second-order valence-corrected chi connectivity index (χ2v) is 9.19. The quantitative estimate of drug-likeness (QED) is 0.0724. The molecular formula is C31H34N2O3. The summed E-state index contributed by atoms with van der Waals surface area (Å²) in [6, 6.07) is 21.6. The van der Waals surface area contributed by atoms with Crippen LogP contribution in [-0.2, 0) is 16.2 Å². The molecule has 5 nitrogen and oxygen atoms in total. The van der Waals surface area contributed by atoms with Crippen LogP contribution in [-0.4, -0.2) is 22.0 Å². The number of unbranched alkanes of at least 4 members (excludes halogenated alkanes) is 4. The van der Waals surface area contributed by atoms with Crippen molar-refractivity contribution < 1.29 is 14.4 Å². The van der Waals surface area contributed by atoms with E-state index < -0.39 is 5.97 Å². The van der Waals surface area contributed by atoms with Gasteiger partial charge in [0.05, 0.1) is 5.71 Å². The van der Waals surface area contributed by atoms with Crippen LogP contribution in [0.3, 0.4) is 0 Å². The minimum atomic E-state index is -0.425. The summed E-state index contributed by atoms with van der Waals surface area (Å²) in [5.74, 6) is -0.415. The molecule has 0 amide bonds. The third kappa shape index (κ3) is 5.56. The van der Waals surface area contributed by atoms with Gasteiger partial charge in [-0.2, -0.15) is 0 Å². The van der Waals surface area contributed by atoms with E-state index in [0.29, 0.717) is 11.1 Å². The molecule has 0 N–H and O–H groups in total. The lowest BCUT2D eigenvalue weighted by Gasteiger charge is -2.08. The van der Waals surface area contributed by atoms with Crippen LogP contribution in [0.15, 0.2) is 71.9 Å². The van der Waals surface area contributed by atoms with Crippen molar-refractivity contribution in [1.29, 1.82) is 0 Å². The molecule has 0 saturated heterocycles. The zero-order valence-corrected chi connectivity index (χ0v) is 21.4. The average Bonchev–Trinajstić information content (AvgIpc) is 3.22. The zero-order chi connectivity index (χ0) is 25.5. The molecule has 0 spiro atoms. The third-order valence-corrected chi connectivity index (χ3v) is 6.61. The Morgan fingerprint density at radius 3 is 2.06 bits per heavy atom. The van der Waals surface area contributed by atoms with Crippen LogP contribution >= 0.6 is 0 Å². The maximum absolute atomic E-state index is 13.1. The number of oxime groups is 1. The van der Waals surface area contributed by atoms with Crippen molar-refractivity contribution in [2.24, 2.45) is 5.16 Å². The van der Waals surface area contributed by atoms with Crippen molar-refractivity contribution >= 4 is 39.3 Å². The van der Waals surface area contributed by atoms with E-state index >= 15 is 0 Å². The van der Waals surface area contributed by atoms with Crippen molar-refractivity contribution in [2.75, 3.05) is 0 Å². The molecule has 0 atom stereocenters. The molecule has 186 valence electrons. The van der Waals surface area contributed by atoms with E-state index in [1.165, 1.54) is 26.2 Å². The topological polar surface area (TPSA) is 60.7 Å². The fourth-order valence-corrected chi connectivity index (χ4v) is 4.78. The molecular weight excluding hydrogens is 448 g/mol. The maximum Gasteiger partial charge on any atom is 0.331 e. The molecule has 0 aliphatic rings. The number of carbonyl (C=O) groups excluding carboxylic acids is 2. The summed E-state index contributed by atoms with van der Waals surface area (Å²) in [4.78, 5) is 29.7. The van der Waals surface area contributed by atoms with Gasteiger partial charge in [-0.25, -0.2) is 4.79 Å². The second-order valence-electron chi connectivity index (χ2n) is 9.19. The normalized spacial score (nSPS) is 11.8. The van der Waals surface area contributed by atoms with Gasteiger partial charge in [-0.05, 0) is 50.1 Å². The van der Waals surface area contributed by atoms with Gasteiger partial charge in [-0.1, -0.05) is 74.2 Å². The van der Waals surface area contributed by atoms with Crippen molar-refractivity contribution in [1.82, 2.24) is 4.57 Å². The lowest BCUT2D eigenvalue weighted by atomic mass is 9.99. The molecule has 0 saturated carbocycles. The van der Waals surface area contributed by atoms with Gasteiger partial charge in [-0.15, -0.1) is 0 Å². The predicted octanol–water partition coefficient (Wildman–Crippen LogP) is 7.67. The van der Waals surface area contributed by atoms with Crippen LogP contribution in [0.25, 0.3) is 21.8 Å². The average molecular weight is 483 g/mol. The summed E-state index contributed by atoms with van der Waals surface area (Å²) < 4.78 is 2.26. The number of ketones is 1. The Balaban J connectivity index is 1.76. The molecule has 0 unspecified atom stereocenters. The van der Waals surface area contributed by atoms with E-state index in [4.69, 9.17) is 4.84 Å². The number of benzene rings is 3. The lowest BCUT2D eigenvalue weighted by Crippen LogP contribution is -2.04. The Bertz CT molecular complexity index is 1400. The van der Waals surface area contributed by atoms with E-state index in [1.807, 2.05) is 48.5 Å². The number of carbonyl (C=O) groups is 2. The Kier molecular flexibility index (Phi) is 8.32. The molecule has 36 heavy (non-hydrogen) atoms. The zero-order valence-electron chi connectivity index (χ0n) is 21.4. The predicted molar refractivity (Wildman–Crippen MR) is 147 cm³/mol. The summed E-state index contributed by atoms with van der Waals surface area (Å²) in [7, 11) is 0. The number of aromatic nitrogens is 1. The van der Waals surface area contributed by atoms with Gasteiger partial charge in [0, 0.05) is 52.0 Å². The van der Waals surface area contributed by atoms with Crippen molar-refractivity contribution in [2.45, 2.75) is 65.8 Å². The van der Waals surface area contributed by atoms with Crippen LogP contribution < -0.4 is 0 Å². The molecule has 0 fully saturated rings. The summed E-state index contributed by atoms with van der Waals surface area (Å²) in [6.07, 6.45) is 6.47. The lowest BCUT2D eigenvalue weighted by molar-refractivity contribution is -0.140. The Labute approximate surface area is 212 Å². The van der Waals surface area contributed by atoms with Crippen molar-refractivity contribution in [3.8, 4) is 0 Å².